The molecule has 1 aliphatic heterocycles. The van der Waals surface area contributed by atoms with E-state index in [0.717, 1.165) is 17.7 Å². The van der Waals surface area contributed by atoms with Crippen LogP contribution >= 0.6 is 22.9 Å². The van der Waals surface area contributed by atoms with Gasteiger partial charge in [-0.2, -0.15) is 5.26 Å². The Morgan fingerprint density at radius 1 is 1.34 bits per heavy atom. The average Bonchev–Trinajstić information content (AvgIpc) is 3.31. The maximum Gasteiger partial charge on any atom is 0.340 e. The Hall–Kier alpha value is -3.02. The van der Waals surface area contributed by atoms with E-state index in [0.29, 0.717) is 27.1 Å². The molecule has 7 nitrogen and oxygen atoms in total. The summed E-state index contributed by atoms with van der Waals surface area (Å²) >= 11 is 7.49. The van der Waals surface area contributed by atoms with E-state index in [4.69, 9.17) is 25.8 Å². The number of rotatable bonds is 6. The Balaban J connectivity index is 1.89. The van der Waals surface area contributed by atoms with E-state index in [1.807, 2.05) is 13.0 Å². The summed E-state index contributed by atoms with van der Waals surface area (Å²) in [7, 11) is 1.27. The highest BCUT2D eigenvalue weighted by atomic mass is 35.5. The van der Waals surface area contributed by atoms with Gasteiger partial charge in [0.2, 0.25) is 6.79 Å². The number of carbonyl (C=O) groups excluding carboxylic acids is 2. The smallest absolute Gasteiger partial charge is 0.340 e. The van der Waals surface area contributed by atoms with Crippen molar-refractivity contribution in [2.24, 2.45) is 0 Å². The third kappa shape index (κ3) is 4.53. The number of halogens is 1. The number of thiophene rings is 1. The molecule has 1 aromatic carbocycles. The number of anilines is 1. The van der Waals surface area contributed by atoms with Gasteiger partial charge in [0.1, 0.15) is 16.6 Å². The van der Waals surface area contributed by atoms with Crippen LogP contribution in [0.2, 0.25) is 5.02 Å². The molecule has 0 unspecified atom stereocenters. The molecule has 2 heterocycles. The number of aryl methyl sites for hydroxylation is 1. The second-order valence-electron chi connectivity index (χ2n) is 6.05. The third-order valence-electron chi connectivity index (χ3n) is 4.07. The lowest BCUT2D eigenvalue weighted by molar-refractivity contribution is -0.112. The largest absolute Gasteiger partial charge is 0.465 e. The Kier molecular flexibility index (Phi) is 6.42. The maximum absolute atomic E-state index is 12.7. The van der Waals surface area contributed by atoms with E-state index in [-0.39, 0.29) is 17.9 Å². The molecule has 0 spiro atoms. The van der Waals surface area contributed by atoms with E-state index in [2.05, 4.69) is 5.32 Å². The fraction of sp³-hybridized carbons (Fsp3) is 0.250. The molecule has 0 radical (unpaired) electrons. The monoisotopic (exact) mass is 432 g/mol. The molecule has 0 atom stereocenters. The number of benzene rings is 1. The van der Waals surface area contributed by atoms with Gasteiger partial charge in [-0.25, -0.2) is 4.79 Å². The second-order valence-corrected chi connectivity index (χ2v) is 7.59. The molecule has 0 saturated carbocycles. The number of esters is 1. The molecule has 0 saturated heterocycles. The number of ether oxygens (including phenoxy) is 3. The van der Waals surface area contributed by atoms with Gasteiger partial charge in [0.15, 0.2) is 11.5 Å². The first-order valence-electron chi connectivity index (χ1n) is 8.70. The predicted molar refractivity (Wildman–Crippen MR) is 109 cm³/mol. The van der Waals surface area contributed by atoms with Crippen molar-refractivity contribution >= 4 is 45.9 Å². The van der Waals surface area contributed by atoms with Gasteiger partial charge in [-0.3, -0.25) is 4.79 Å². The zero-order valence-corrected chi connectivity index (χ0v) is 17.3. The van der Waals surface area contributed by atoms with E-state index in [1.165, 1.54) is 24.5 Å². The minimum atomic E-state index is -0.656. The highest BCUT2D eigenvalue weighted by molar-refractivity contribution is 7.16. The van der Waals surface area contributed by atoms with Crippen LogP contribution in [0.4, 0.5) is 5.00 Å². The van der Waals surface area contributed by atoms with Crippen LogP contribution in [0.5, 0.6) is 11.5 Å². The number of nitrogens with one attached hydrogen (secondary N) is 1. The van der Waals surface area contributed by atoms with Crippen LogP contribution in [-0.4, -0.2) is 25.8 Å². The Morgan fingerprint density at radius 3 is 2.72 bits per heavy atom. The van der Waals surface area contributed by atoms with Gasteiger partial charge in [-0.15, -0.1) is 11.3 Å². The summed E-state index contributed by atoms with van der Waals surface area (Å²) in [6, 6.07) is 6.72. The van der Waals surface area contributed by atoms with Crippen molar-refractivity contribution in [2.45, 2.75) is 19.8 Å². The molecule has 0 aliphatic carbocycles. The van der Waals surface area contributed by atoms with Crippen LogP contribution in [0, 0.1) is 11.3 Å². The van der Waals surface area contributed by atoms with Crippen LogP contribution in [0.1, 0.15) is 34.1 Å². The number of methoxy groups -OCH3 is 1. The molecule has 150 valence electrons. The number of hydrogen-bond donors (Lipinski definition) is 1. The fourth-order valence-corrected chi connectivity index (χ4v) is 4.03. The van der Waals surface area contributed by atoms with Crippen molar-refractivity contribution in [1.82, 2.24) is 0 Å². The highest BCUT2D eigenvalue weighted by Gasteiger charge is 2.21. The minimum Gasteiger partial charge on any atom is -0.465 e. The van der Waals surface area contributed by atoms with Crippen molar-refractivity contribution in [1.29, 1.82) is 5.26 Å². The number of nitrogens with zero attached hydrogens (tertiary/aromatic N) is 1. The molecule has 29 heavy (non-hydrogen) atoms. The summed E-state index contributed by atoms with van der Waals surface area (Å²) in [5.41, 5.74) is 0.522. The maximum atomic E-state index is 12.7. The molecule has 0 bridgehead atoms. The first-order chi connectivity index (χ1) is 14.0. The number of carbonyl (C=O) groups is 2. The molecule has 2 aromatic rings. The van der Waals surface area contributed by atoms with Gasteiger partial charge in [-0.1, -0.05) is 24.9 Å². The molecule has 1 aromatic heterocycles. The molecule has 9 heteroatoms. The van der Waals surface area contributed by atoms with Gasteiger partial charge in [0, 0.05) is 10.9 Å². The number of nitriles is 1. The summed E-state index contributed by atoms with van der Waals surface area (Å²) in [6.07, 6.45) is 3.01. The second kappa shape index (κ2) is 8.99. The van der Waals surface area contributed by atoms with Crippen LogP contribution in [-0.2, 0) is 16.0 Å². The molecule has 1 aliphatic rings. The summed E-state index contributed by atoms with van der Waals surface area (Å²) in [6.45, 7) is 2.10. The predicted octanol–water partition coefficient (Wildman–Crippen LogP) is 4.41. The van der Waals surface area contributed by atoms with Crippen molar-refractivity contribution in [3.05, 3.63) is 44.8 Å². The standard InChI is InChI=1S/C20H17ClN2O5S/c1-3-4-13-7-14(20(25)26-2)19(29-13)23-18(24)12(9-22)5-11-6-16-17(8-15(11)21)28-10-27-16/h5-8H,3-4,10H2,1-2H3,(H,23,24)/b12-5+. The average molecular weight is 433 g/mol. The van der Waals surface area contributed by atoms with Crippen LogP contribution < -0.4 is 14.8 Å². The van der Waals surface area contributed by atoms with Gasteiger partial charge in [0.05, 0.1) is 17.7 Å². The zero-order valence-electron chi connectivity index (χ0n) is 15.7. The summed E-state index contributed by atoms with van der Waals surface area (Å²) < 4.78 is 15.3. The van der Waals surface area contributed by atoms with Crippen molar-refractivity contribution < 1.29 is 23.8 Å². The molecular weight excluding hydrogens is 416 g/mol. The SMILES string of the molecule is CCCc1cc(C(=O)OC)c(NC(=O)/C(C#N)=C/c2cc3c(cc2Cl)OCO3)s1. The van der Waals surface area contributed by atoms with Crippen molar-refractivity contribution in [3.63, 3.8) is 0 Å². The number of fused-ring (bicyclic) bond motifs is 1. The Labute approximate surface area is 176 Å². The fourth-order valence-electron chi connectivity index (χ4n) is 2.68. The zero-order chi connectivity index (χ0) is 21.0. The molecule has 1 N–H and O–H groups in total. The molecule has 1 amide bonds. The lowest BCUT2D eigenvalue weighted by Gasteiger charge is -2.06. The van der Waals surface area contributed by atoms with E-state index < -0.39 is 11.9 Å². The lowest BCUT2D eigenvalue weighted by Crippen LogP contribution is -2.15. The summed E-state index contributed by atoms with van der Waals surface area (Å²) in [5, 5.41) is 12.8. The molecular formula is C20H17ClN2O5S. The molecule has 0 fully saturated rings. The number of hydrogen-bond acceptors (Lipinski definition) is 7. The highest BCUT2D eigenvalue weighted by Crippen LogP contribution is 2.37. The lowest BCUT2D eigenvalue weighted by atomic mass is 10.1. The molecule has 3 rings (SSSR count). The first-order valence-corrected chi connectivity index (χ1v) is 9.89. The van der Waals surface area contributed by atoms with Crippen molar-refractivity contribution in [3.8, 4) is 17.6 Å². The summed E-state index contributed by atoms with van der Waals surface area (Å²) in [4.78, 5) is 25.6. The van der Waals surface area contributed by atoms with Gasteiger partial charge < -0.3 is 19.5 Å². The Bertz CT molecular complexity index is 1040. The van der Waals surface area contributed by atoms with Gasteiger partial charge in [0.25, 0.3) is 5.91 Å². The van der Waals surface area contributed by atoms with Gasteiger partial charge in [-0.05, 0) is 30.2 Å². The Morgan fingerprint density at radius 2 is 2.07 bits per heavy atom. The quantitative estimate of drug-likeness (QED) is 0.412. The van der Waals surface area contributed by atoms with E-state index in [1.54, 1.807) is 18.2 Å². The van der Waals surface area contributed by atoms with Crippen LogP contribution in [0.15, 0.2) is 23.8 Å². The normalized spacial score (nSPS) is 12.4. The van der Waals surface area contributed by atoms with Crippen LogP contribution in [0.3, 0.4) is 0 Å². The van der Waals surface area contributed by atoms with Gasteiger partial charge >= 0.3 is 5.97 Å². The summed E-state index contributed by atoms with van der Waals surface area (Å²) in [5.74, 6) is -0.231. The number of amides is 1. The third-order valence-corrected chi connectivity index (χ3v) is 5.51. The van der Waals surface area contributed by atoms with Crippen LogP contribution in [0.25, 0.3) is 6.08 Å². The van der Waals surface area contributed by atoms with E-state index in [9.17, 15) is 14.9 Å². The minimum absolute atomic E-state index is 0.0825. The van der Waals surface area contributed by atoms with Crippen molar-refractivity contribution in [2.75, 3.05) is 19.2 Å². The first kappa shape index (κ1) is 20.7. The topological polar surface area (TPSA) is 97.7 Å². The van der Waals surface area contributed by atoms with E-state index >= 15 is 0 Å².